The standard InChI is InChI=1S/C15H21N3O3S/c19-22(20,12-5-6-12)18-8-11-2-1-7-15(11,9-18)14-17-16-13(21-14)10-3-4-10/h10-12H,1-9H2/t11-,15-/m0/s1. The number of aromatic nitrogens is 2. The molecule has 1 aliphatic heterocycles. The predicted molar refractivity (Wildman–Crippen MR) is 78.8 cm³/mol. The van der Waals surface area contributed by atoms with Gasteiger partial charge in [0.1, 0.15) is 0 Å². The van der Waals surface area contributed by atoms with Gasteiger partial charge >= 0.3 is 0 Å². The van der Waals surface area contributed by atoms with Gasteiger partial charge in [-0.05, 0) is 44.4 Å². The molecule has 2 heterocycles. The molecule has 120 valence electrons. The maximum absolute atomic E-state index is 12.6. The first-order valence-corrected chi connectivity index (χ1v) is 9.93. The number of hydrogen-bond acceptors (Lipinski definition) is 5. The Labute approximate surface area is 130 Å². The molecule has 4 fully saturated rings. The number of sulfonamides is 1. The van der Waals surface area contributed by atoms with E-state index in [1.165, 1.54) is 0 Å². The van der Waals surface area contributed by atoms with Crippen molar-refractivity contribution in [3.05, 3.63) is 11.8 Å². The minimum absolute atomic E-state index is 0.131. The Morgan fingerprint density at radius 1 is 1.14 bits per heavy atom. The Bertz CT molecular complexity index is 707. The van der Waals surface area contributed by atoms with Gasteiger partial charge in [0.25, 0.3) is 0 Å². The SMILES string of the molecule is O=S(=O)(C1CC1)N1C[C@@H]2CCC[C@]2(c2nnc(C3CC3)o2)C1. The Morgan fingerprint density at radius 2 is 1.95 bits per heavy atom. The third kappa shape index (κ3) is 1.84. The van der Waals surface area contributed by atoms with Gasteiger partial charge in [0.2, 0.25) is 21.8 Å². The lowest BCUT2D eigenvalue weighted by Crippen LogP contribution is -2.36. The summed E-state index contributed by atoms with van der Waals surface area (Å²) in [5.41, 5.74) is -0.220. The molecule has 0 radical (unpaired) electrons. The maximum atomic E-state index is 12.6. The quantitative estimate of drug-likeness (QED) is 0.844. The molecule has 0 N–H and O–H groups in total. The molecule has 0 aromatic carbocycles. The summed E-state index contributed by atoms with van der Waals surface area (Å²) in [5, 5.41) is 8.43. The molecule has 4 aliphatic rings. The molecule has 1 saturated heterocycles. The van der Waals surface area contributed by atoms with E-state index < -0.39 is 10.0 Å². The zero-order valence-electron chi connectivity index (χ0n) is 12.6. The van der Waals surface area contributed by atoms with E-state index in [2.05, 4.69) is 10.2 Å². The lowest BCUT2D eigenvalue weighted by molar-refractivity contribution is 0.290. The van der Waals surface area contributed by atoms with Crippen molar-refractivity contribution in [3.63, 3.8) is 0 Å². The molecule has 2 atom stereocenters. The molecule has 0 unspecified atom stereocenters. The van der Waals surface area contributed by atoms with Crippen molar-refractivity contribution in [3.8, 4) is 0 Å². The zero-order chi connectivity index (χ0) is 14.9. The summed E-state index contributed by atoms with van der Waals surface area (Å²) < 4.78 is 32.9. The average Bonchev–Trinajstić information content (AvgIpc) is 3.38. The van der Waals surface area contributed by atoms with Crippen LogP contribution in [0.1, 0.15) is 62.6 Å². The van der Waals surface area contributed by atoms with Crippen LogP contribution in [-0.4, -0.2) is 41.3 Å². The van der Waals surface area contributed by atoms with E-state index in [1.807, 2.05) is 0 Å². The van der Waals surface area contributed by atoms with Gasteiger partial charge in [-0.2, -0.15) is 0 Å². The fraction of sp³-hybridized carbons (Fsp3) is 0.867. The van der Waals surface area contributed by atoms with E-state index in [4.69, 9.17) is 4.42 Å². The number of hydrogen-bond donors (Lipinski definition) is 0. The fourth-order valence-corrected chi connectivity index (χ4v) is 6.25. The lowest BCUT2D eigenvalue weighted by Gasteiger charge is -2.24. The van der Waals surface area contributed by atoms with Crippen LogP contribution < -0.4 is 0 Å². The van der Waals surface area contributed by atoms with Gasteiger partial charge in [-0.1, -0.05) is 6.42 Å². The molecule has 0 bridgehead atoms. The first-order valence-electron chi connectivity index (χ1n) is 8.42. The van der Waals surface area contributed by atoms with Crippen LogP contribution in [0.15, 0.2) is 4.42 Å². The fourth-order valence-electron chi connectivity index (χ4n) is 4.29. The van der Waals surface area contributed by atoms with Crippen LogP contribution in [0.3, 0.4) is 0 Å². The van der Waals surface area contributed by atoms with E-state index in [9.17, 15) is 8.42 Å². The van der Waals surface area contributed by atoms with E-state index in [1.54, 1.807) is 4.31 Å². The summed E-state index contributed by atoms with van der Waals surface area (Å²) in [6.45, 7) is 1.18. The normalized spacial score (nSPS) is 35.9. The third-order valence-electron chi connectivity index (χ3n) is 5.94. The van der Waals surface area contributed by atoms with Crippen molar-refractivity contribution in [1.29, 1.82) is 0 Å². The second-order valence-electron chi connectivity index (χ2n) is 7.50. The Kier molecular flexibility index (Phi) is 2.65. The van der Waals surface area contributed by atoms with Crippen molar-refractivity contribution in [1.82, 2.24) is 14.5 Å². The number of nitrogens with zero attached hydrogens (tertiary/aromatic N) is 3. The lowest BCUT2D eigenvalue weighted by atomic mass is 9.81. The predicted octanol–water partition coefficient (Wildman–Crippen LogP) is 1.79. The van der Waals surface area contributed by atoms with Crippen molar-refractivity contribution in [2.24, 2.45) is 5.92 Å². The summed E-state index contributed by atoms with van der Waals surface area (Å²) >= 11 is 0. The van der Waals surface area contributed by atoms with Crippen LogP contribution in [0, 0.1) is 5.92 Å². The molecule has 3 aliphatic carbocycles. The number of fused-ring (bicyclic) bond motifs is 1. The smallest absolute Gasteiger partial charge is 0.224 e. The summed E-state index contributed by atoms with van der Waals surface area (Å²) in [6.07, 6.45) is 7.09. The highest BCUT2D eigenvalue weighted by Crippen LogP contribution is 2.52. The Morgan fingerprint density at radius 3 is 2.68 bits per heavy atom. The zero-order valence-corrected chi connectivity index (χ0v) is 13.4. The first kappa shape index (κ1) is 13.5. The van der Waals surface area contributed by atoms with Crippen LogP contribution in [0.5, 0.6) is 0 Å². The van der Waals surface area contributed by atoms with Gasteiger partial charge in [0.05, 0.1) is 10.7 Å². The van der Waals surface area contributed by atoms with Gasteiger partial charge in [-0.15, -0.1) is 10.2 Å². The van der Waals surface area contributed by atoms with Crippen molar-refractivity contribution >= 4 is 10.0 Å². The molecule has 7 heteroatoms. The minimum atomic E-state index is -3.11. The van der Waals surface area contributed by atoms with Crippen LogP contribution in [0.25, 0.3) is 0 Å². The summed E-state index contributed by atoms with van der Waals surface area (Å²) in [7, 11) is -3.11. The van der Waals surface area contributed by atoms with Gasteiger partial charge < -0.3 is 4.42 Å². The minimum Gasteiger partial charge on any atom is -0.424 e. The van der Waals surface area contributed by atoms with Crippen LogP contribution >= 0.6 is 0 Å². The summed E-state index contributed by atoms with van der Waals surface area (Å²) in [4.78, 5) is 0. The van der Waals surface area contributed by atoms with Gasteiger partial charge in [-0.3, -0.25) is 0 Å². The topological polar surface area (TPSA) is 76.3 Å². The molecule has 1 aromatic rings. The Balaban J connectivity index is 1.48. The molecule has 0 spiro atoms. The highest BCUT2D eigenvalue weighted by atomic mass is 32.2. The monoisotopic (exact) mass is 323 g/mol. The van der Waals surface area contributed by atoms with Gasteiger partial charge in [0, 0.05) is 19.0 Å². The second kappa shape index (κ2) is 4.32. The average molecular weight is 323 g/mol. The van der Waals surface area contributed by atoms with E-state index in [0.717, 1.165) is 50.8 Å². The van der Waals surface area contributed by atoms with Crippen LogP contribution in [0.2, 0.25) is 0 Å². The molecule has 3 saturated carbocycles. The Hall–Kier alpha value is -0.950. The highest BCUT2D eigenvalue weighted by Gasteiger charge is 2.58. The summed E-state index contributed by atoms with van der Waals surface area (Å²) in [5.74, 6) is 2.25. The van der Waals surface area contributed by atoms with Crippen LogP contribution in [0.4, 0.5) is 0 Å². The molecule has 6 nitrogen and oxygen atoms in total. The van der Waals surface area contributed by atoms with Gasteiger partial charge in [0.15, 0.2) is 0 Å². The van der Waals surface area contributed by atoms with Crippen LogP contribution in [-0.2, 0) is 15.4 Å². The van der Waals surface area contributed by atoms with Gasteiger partial charge in [-0.25, -0.2) is 12.7 Å². The molecule has 5 rings (SSSR count). The molecule has 22 heavy (non-hydrogen) atoms. The largest absolute Gasteiger partial charge is 0.424 e. The van der Waals surface area contributed by atoms with Crippen molar-refractivity contribution < 1.29 is 12.8 Å². The van der Waals surface area contributed by atoms with Crippen molar-refractivity contribution in [2.75, 3.05) is 13.1 Å². The summed E-state index contributed by atoms with van der Waals surface area (Å²) in [6, 6.07) is 0. The van der Waals surface area contributed by atoms with Crippen molar-refractivity contribution in [2.45, 2.75) is 61.5 Å². The molecule has 0 amide bonds. The third-order valence-corrected chi connectivity index (χ3v) is 8.25. The first-order chi connectivity index (χ1) is 10.6. The second-order valence-corrected chi connectivity index (χ2v) is 9.71. The van der Waals surface area contributed by atoms with E-state index >= 15 is 0 Å². The van der Waals surface area contributed by atoms with E-state index in [0.29, 0.717) is 30.8 Å². The molecular formula is C15H21N3O3S. The molecule has 1 aromatic heterocycles. The maximum Gasteiger partial charge on any atom is 0.224 e. The highest BCUT2D eigenvalue weighted by molar-refractivity contribution is 7.90. The number of rotatable bonds is 4. The molecular weight excluding hydrogens is 302 g/mol. The van der Waals surface area contributed by atoms with E-state index in [-0.39, 0.29) is 10.7 Å².